The van der Waals surface area contributed by atoms with E-state index in [9.17, 15) is 14.0 Å². The Morgan fingerprint density at radius 1 is 1.25 bits per heavy atom. The first-order valence-electron chi connectivity index (χ1n) is 9.63. The minimum Gasteiger partial charge on any atom is -0.356 e. The van der Waals surface area contributed by atoms with Crippen LogP contribution in [0.1, 0.15) is 35.3 Å². The van der Waals surface area contributed by atoms with Gasteiger partial charge in [-0.2, -0.15) is 0 Å². The first kappa shape index (κ1) is 18.8. The second-order valence-electron chi connectivity index (χ2n) is 7.08. The molecule has 146 valence electrons. The molecule has 4 rings (SSSR count). The molecule has 7 heteroatoms. The number of benzene rings is 1. The quantitative estimate of drug-likeness (QED) is 0.692. The minimum atomic E-state index is -0.262. The first-order chi connectivity index (χ1) is 13.6. The molecular formula is C21H22FN3O2S. The van der Waals surface area contributed by atoms with Gasteiger partial charge in [-0.25, -0.2) is 9.37 Å². The molecule has 2 aromatic heterocycles. The fourth-order valence-electron chi connectivity index (χ4n) is 3.69. The van der Waals surface area contributed by atoms with Crippen molar-refractivity contribution >= 4 is 27.5 Å². The monoisotopic (exact) mass is 399 g/mol. The lowest BCUT2D eigenvalue weighted by molar-refractivity contribution is -0.121. The number of hydrogen-bond acceptors (Lipinski definition) is 4. The molecule has 1 aliphatic carbocycles. The van der Waals surface area contributed by atoms with Gasteiger partial charge in [-0.05, 0) is 49.3 Å². The van der Waals surface area contributed by atoms with E-state index in [0.29, 0.717) is 18.5 Å². The minimum absolute atomic E-state index is 0.0523. The van der Waals surface area contributed by atoms with Crippen LogP contribution in [0.2, 0.25) is 0 Å². The molecule has 3 aromatic rings. The highest BCUT2D eigenvalue weighted by Gasteiger charge is 2.20. The van der Waals surface area contributed by atoms with Crippen molar-refractivity contribution in [2.45, 2.75) is 45.1 Å². The van der Waals surface area contributed by atoms with E-state index in [4.69, 9.17) is 0 Å². The lowest BCUT2D eigenvalue weighted by Crippen LogP contribution is -2.29. The van der Waals surface area contributed by atoms with Crippen molar-refractivity contribution in [3.8, 4) is 0 Å². The number of carbonyl (C=O) groups excluding carboxylic acids is 1. The van der Waals surface area contributed by atoms with Crippen LogP contribution in [0.4, 0.5) is 4.39 Å². The Morgan fingerprint density at radius 3 is 2.93 bits per heavy atom. The Balaban J connectivity index is 1.37. The molecule has 28 heavy (non-hydrogen) atoms. The zero-order valence-corrected chi connectivity index (χ0v) is 16.4. The van der Waals surface area contributed by atoms with E-state index in [0.717, 1.165) is 35.0 Å². The molecule has 1 aliphatic rings. The van der Waals surface area contributed by atoms with Gasteiger partial charge in [0.05, 0.1) is 11.7 Å². The van der Waals surface area contributed by atoms with Crippen LogP contribution in [0, 0.1) is 5.82 Å². The maximum atomic E-state index is 13.6. The fraction of sp³-hybridized carbons (Fsp3) is 0.381. The van der Waals surface area contributed by atoms with Crippen LogP contribution in [-0.4, -0.2) is 22.0 Å². The highest BCUT2D eigenvalue weighted by molar-refractivity contribution is 7.18. The third-order valence-corrected chi connectivity index (χ3v) is 6.40. The Hall–Kier alpha value is -2.54. The number of fused-ring (bicyclic) bond motifs is 3. The number of carbonyl (C=O) groups is 1. The van der Waals surface area contributed by atoms with Gasteiger partial charge in [0.15, 0.2) is 0 Å². The highest BCUT2D eigenvalue weighted by atomic mass is 32.1. The molecule has 2 heterocycles. The lowest BCUT2D eigenvalue weighted by Gasteiger charge is -2.10. The normalized spacial score (nSPS) is 13.5. The van der Waals surface area contributed by atoms with Crippen molar-refractivity contribution in [2.75, 3.05) is 6.54 Å². The number of nitrogens with zero attached hydrogens (tertiary/aromatic N) is 2. The standard InChI is InChI=1S/C21H22FN3O2S/c22-16-7-3-1-5-14(16)9-11-23-18(26)10-12-25-13-24-20-19(21(25)27)15-6-2-4-8-17(15)28-20/h1,3,5,7,13H,2,4,6,8-12H2,(H,23,26). The number of aromatic nitrogens is 2. The van der Waals surface area contributed by atoms with Gasteiger partial charge in [-0.1, -0.05) is 18.2 Å². The molecule has 0 bridgehead atoms. The largest absolute Gasteiger partial charge is 0.356 e. The van der Waals surface area contributed by atoms with Crippen LogP contribution in [-0.2, 0) is 30.6 Å². The Kier molecular flexibility index (Phi) is 5.52. The maximum absolute atomic E-state index is 13.6. The number of halogens is 1. The van der Waals surface area contributed by atoms with Crippen molar-refractivity contribution < 1.29 is 9.18 Å². The van der Waals surface area contributed by atoms with E-state index < -0.39 is 0 Å². The zero-order valence-electron chi connectivity index (χ0n) is 15.5. The molecule has 1 N–H and O–H groups in total. The van der Waals surface area contributed by atoms with Gasteiger partial charge >= 0.3 is 0 Å². The molecule has 0 saturated carbocycles. The summed E-state index contributed by atoms with van der Waals surface area (Å²) in [4.78, 5) is 31.5. The van der Waals surface area contributed by atoms with Crippen molar-refractivity contribution in [3.63, 3.8) is 0 Å². The van der Waals surface area contributed by atoms with Gasteiger partial charge in [0.1, 0.15) is 10.6 Å². The van der Waals surface area contributed by atoms with Gasteiger partial charge in [0, 0.05) is 24.4 Å². The number of thiophene rings is 1. The van der Waals surface area contributed by atoms with E-state index >= 15 is 0 Å². The van der Waals surface area contributed by atoms with Gasteiger partial charge < -0.3 is 5.32 Å². The third kappa shape index (κ3) is 3.85. The predicted molar refractivity (Wildman–Crippen MR) is 108 cm³/mol. The van der Waals surface area contributed by atoms with Crippen LogP contribution in [0.15, 0.2) is 35.4 Å². The van der Waals surface area contributed by atoms with Gasteiger partial charge in [-0.15, -0.1) is 11.3 Å². The summed E-state index contributed by atoms with van der Waals surface area (Å²) in [5, 5.41) is 3.53. The van der Waals surface area contributed by atoms with Crippen LogP contribution in [0.3, 0.4) is 0 Å². The van der Waals surface area contributed by atoms with Crippen molar-refractivity contribution in [2.24, 2.45) is 0 Å². The Bertz CT molecular complexity index is 1070. The van der Waals surface area contributed by atoms with Crippen LogP contribution >= 0.6 is 11.3 Å². The van der Waals surface area contributed by atoms with E-state index in [1.807, 2.05) is 0 Å². The number of aryl methyl sites for hydroxylation is 3. The number of nitrogens with one attached hydrogen (secondary N) is 1. The SMILES string of the molecule is O=C(CCn1cnc2sc3c(c2c1=O)CCCC3)NCCc1ccccc1F. The highest BCUT2D eigenvalue weighted by Crippen LogP contribution is 2.33. The number of rotatable bonds is 6. The summed E-state index contributed by atoms with van der Waals surface area (Å²) in [5.74, 6) is -0.419. The van der Waals surface area contributed by atoms with Crippen molar-refractivity contribution in [1.29, 1.82) is 0 Å². The van der Waals surface area contributed by atoms with E-state index in [-0.39, 0.29) is 30.2 Å². The summed E-state index contributed by atoms with van der Waals surface area (Å²) in [7, 11) is 0. The number of amides is 1. The molecule has 1 amide bonds. The van der Waals surface area contributed by atoms with E-state index in [1.165, 1.54) is 21.9 Å². The third-order valence-electron chi connectivity index (χ3n) is 5.20. The van der Waals surface area contributed by atoms with Gasteiger partial charge in [0.2, 0.25) is 5.91 Å². The summed E-state index contributed by atoms with van der Waals surface area (Å²) in [6.07, 6.45) is 6.41. The number of hydrogen-bond donors (Lipinski definition) is 1. The second-order valence-corrected chi connectivity index (χ2v) is 8.16. The van der Waals surface area contributed by atoms with Gasteiger partial charge in [-0.3, -0.25) is 14.2 Å². The average molecular weight is 399 g/mol. The molecule has 1 aromatic carbocycles. The van der Waals surface area contributed by atoms with Crippen LogP contribution in [0.25, 0.3) is 10.2 Å². The molecule has 5 nitrogen and oxygen atoms in total. The van der Waals surface area contributed by atoms with Crippen molar-refractivity contribution in [3.05, 3.63) is 62.8 Å². The Morgan fingerprint density at radius 2 is 2.07 bits per heavy atom. The van der Waals surface area contributed by atoms with Crippen LogP contribution < -0.4 is 10.9 Å². The summed E-state index contributed by atoms with van der Waals surface area (Å²) >= 11 is 1.62. The molecule has 0 aliphatic heterocycles. The van der Waals surface area contributed by atoms with Crippen molar-refractivity contribution in [1.82, 2.24) is 14.9 Å². The topological polar surface area (TPSA) is 64.0 Å². The van der Waals surface area contributed by atoms with E-state index in [2.05, 4.69) is 10.3 Å². The molecule has 0 fully saturated rings. The maximum Gasteiger partial charge on any atom is 0.262 e. The molecule has 0 atom stereocenters. The van der Waals surface area contributed by atoms with Gasteiger partial charge in [0.25, 0.3) is 5.56 Å². The molecule has 0 radical (unpaired) electrons. The second kappa shape index (κ2) is 8.22. The fourth-order valence-corrected chi connectivity index (χ4v) is 4.91. The predicted octanol–water partition coefficient (Wildman–Crippen LogP) is 3.22. The summed E-state index contributed by atoms with van der Waals surface area (Å²) < 4.78 is 15.1. The molecule has 0 unspecified atom stereocenters. The summed E-state index contributed by atoms with van der Waals surface area (Å²) in [6.45, 7) is 0.655. The average Bonchev–Trinajstić information content (AvgIpc) is 3.08. The first-order valence-corrected chi connectivity index (χ1v) is 10.4. The smallest absolute Gasteiger partial charge is 0.262 e. The zero-order chi connectivity index (χ0) is 19.5. The molecular weight excluding hydrogens is 377 g/mol. The Labute approximate surface area is 166 Å². The van der Waals surface area contributed by atoms with Crippen LogP contribution in [0.5, 0.6) is 0 Å². The molecule has 0 saturated heterocycles. The lowest BCUT2D eigenvalue weighted by atomic mass is 9.97. The molecule has 0 spiro atoms. The summed E-state index contributed by atoms with van der Waals surface area (Å²) in [6, 6.07) is 6.54. The summed E-state index contributed by atoms with van der Waals surface area (Å²) in [5.41, 5.74) is 1.69. The van der Waals surface area contributed by atoms with E-state index in [1.54, 1.807) is 35.9 Å².